The highest BCUT2D eigenvalue weighted by molar-refractivity contribution is 5.86. The molecule has 1 aliphatic carbocycles. The Labute approximate surface area is 110 Å². The lowest BCUT2D eigenvalue weighted by atomic mass is 9.57. The predicted molar refractivity (Wildman–Crippen MR) is 71.1 cm³/mol. The Balaban J connectivity index is 2.00. The number of ether oxygens (including phenoxy) is 1. The van der Waals surface area contributed by atoms with E-state index in [0.29, 0.717) is 12.0 Å². The van der Waals surface area contributed by atoms with Gasteiger partial charge in [-0.05, 0) is 19.8 Å². The third kappa shape index (κ3) is 2.05. The molecule has 4 atom stereocenters. The number of nitrogens with two attached hydrogens (primary N) is 1. The number of fused-ring (bicyclic) bond motifs is 1. The van der Waals surface area contributed by atoms with Crippen molar-refractivity contribution in [2.45, 2.75) is 64.6 Å². The summed E-state index contributed by atoms with van der Waals surface area (Å²) in [5.41, 5.74) is 5.35. The summed E-state index contributed by atoms with van der Waals surface area (Å²) in [6, 6.07) is 0.206. The Bertz CT molecular complexity index is 339. The molecule has 0 radical (unpaired) electrons. The van der Waals surface area contributed by atoms with Gasteiger partial charge in [-0.1, -0.05) is 27.2 Å². The van der Waals surface area contributed by atoms with Gasteiger partial charge >= 0.3 is 0 Å². The fraction of sp³-hybridized carbons (Fsp3) is 0.929. The van der Waals surface area contributed by atoms with Crippen LogP contribution in [0.25, 0.3) is 0 Å². The summed E-state index contributed by atoms with van der Waals surface area (Å²) >= 11 is 0. The van der Waals surface area contributed by atoms with Crippen LogP contribution in [0, 0.1) is 11.3 Å². The quantitative estimate of drug-likeness (QED) is 0.798. The first kappa shape index (κ1) is 13.8. The van der Waals surface area contributed by atoms with Crippen molar-refractivity contribution in [3.63, 3.8) is 0 Å². The van der Waals surface area contributed by atoms with Crippen LogP contribution in [0.1, 0.15) is 47.0 Å². The van der Waals surface area contributed by atoms with Gasteiger partial charge in [-0.15, -0.1) is 0 Å². The Morgan fingerprint density at radius 2 is 2.22 bits per heavy atom. The summed E-state index contributed by atoms with van der Waals surface area (Å²) in [6.07, 6.45) is 2.99. The highest BCUT2D eigenvalue weighted by Gasteiger charge is 2.60. The molecule has 4 unspecified atom stereocenters. The molecule has 1 saturated heterocycles. The van der Waals surface area contributed by atoms with E-state index in [1.54, 1.807) is 0 Å². The van der Waals surface area contributed by atoms with Gasteiger partial charge in [0.25, 0.3) is 0 Å². The molecule has 1 aliphatic heterocycles. The largest absolute Gasteiger partial charge is 0.377 e. The number of rotatable bonds is 4. The Morgan fingerprint density at radius 3 is 2.83 bits per heavy atom. The van der Waals surface area contributed by atoms with Gasteiger partial charge in [0.1, 0.15) is 0 Å². The zero-order valence-corrected chi connectivity index (χ0v) is 12.0. The molecule has 0 spiro atoms. The molecule has 1 heterocycles. The average molecular weight is 254 g/mol. The standard InChI is InChI=1S/C14H26N2O2/c1-5-7-14(4,15)12(17)16-10-9-6-8-18-11(9)13(10,2)3/h9-11H,5-8,15H2,1-4H3,(H,16,17). The van der Waals surface area contributed by atoms with E-state index < -0.39 is 5.54 Å². The van der Waals surface area contributed by atoms with Crippen LogP contribution in [0.4, 0.5) is 0 Å². The molecule has 1 amide bonds. The van der Waals surface area contributed by atoms with Crippen LogP contribution in [0.15, 0.2) is 0 Å². The Kier molecular flexibility index (Phi) is 3.45. The summed E-state index contributed by atoms with van der Waals surface area (Å²) in [5.74, 6) is 0.453. The SMILES string of the molecule is CCCC(C)(N)C(=O)NC1C2CCOC2C1(C)C. The molecule has 0 aromatic rings. The van der Waals surface area contributed by atoms with Crippen molar-refractivity contribution in [2.24, 2.45) is 17.1 Å². The number of carbonyl (C=O) groups is 1. The van der Waals surface area contributed by atoms with Crippen molar-refractivity contribution in [1.82, 2.24) is 5.32 Å². The first-order chi connectivity index (χ1) is 8.30. The maximum atomic E-state index is 12.3. The minimum atomic E-state index is -0.755. The van der Waals surface area contributed by atoms with Gasteiger partial charge in [-0.3, -0.25) is 4.79 Å². The van der Waals surface area contributed by atoms with Gasteiger partial charge in [-0.25, -0.2) is 0 Å². The van der Waals surface area contributed by atoms with Crippen molar-refractivity contribution in [1.29, 1.82) is 0 Å². The normalized spacial score (nSPS) is 36.4. The Hall–Kier alpha value is -0.610. The lowest BCUT2D eigenvalue weighted by Crippen LogP contribution is -2.69. The summed E-state index contributed by atoms with van der Waals surface area (Å²) in [6.45, 7) is 9.02. The van der Waals surface area contributed by atoms with Gasteiger partial charge in [0, 0.05) is 24.0 Å². The molecule has 0 bridgehead atoms. The molecule has 3 N–H and O–H groups in total. The van der Waals surface area contributed by atoms with Gasteiger partial charge in [0.2, 0.25) is 5.91 Å². The monoisotopic (exact) mass is 254 g/mol. The average Bonchev–Trinajstić information content (AvgIpc) is 2.71. The van der Waals surface area contributed by atoms with Crippen molar-refractivity contribution in [3.8, 4) is 0 Å². The second kappa shape index (κ2) is 4.49. The molecule has 4 nitrogen and oxygen atoms in total. The summed E-state index contributed by atoms with van der Waals surface area (Å²) < 4.78 is 5.73. The van der Waals surface area contributed by atoms with Crippen molar-refractivity contribution in [3.05, 3.63) is 0 Å². The molecular formula is C14H26N2O2. The number of amides is 1. The topological polar surface area (TPSA) is 64.4 Å². The fourth-order valence-corrected chi connectivity index (χ4v) is 3.56. The molecule has 1 saturated carbocycles. The molecular weight excluding hydrogens is 228 g/mol. The smallest absolute Gasteiger partial charge is 0.240 e. The van der Waals surface area contributed by atoms with Gasteiger partial charge in [0.15, 0.2) is 0 Å². The molecule has 18 heavy (non-hydrogen) atoms. The van der Waals surface area contributed by atoms with E-state index in [0.717, 1.165) is 25.9 Å². The first-order valence-electron chi connectivity index (χ1n) is 7.02. The maximum absolute atomic E-state index is 12.3. The minimum Gasteiger partial charge on any atom is -0.377 e. The van der Waals surface area contributed by atoms with E-state index in [1.807, 2.05) is 13.8 Å². The number of hydrogen-bond acceptors (Lipinski definition) is 3. The van der Waals surface area contributed by atoms with E-state index in [9.17, 15) is 4.79 Å². The summed E-state index contributed by atoms with van der Waals surface area (Å²) in [5, 5.41) is 3.16. The molecule has 2 fully saturated rings. The zero-order chi connectivity index (χ0) is 13.6. The molecule has 0 aromatic carbocycles. The lowest BCUT2D eigenvalue weighted by Gasteiger charge is -2.55. The van der Waals surface area contributed by atoms with Gasteiger partial charge < -0.3 is 15.8 Å². The third-order valence-electron chi connectivity index (χ3n) is 4.68. The minimum absolute atomic E-state index is 0.0206. The van der Waals surface area contributed by atoms with E-state index in [-0.39, 0.29) is 17.4 Å². The number of carbonyl (C=O) groups excluding carboxylic acids is 1. The molecule has 2 rings (SSSR count). The van der Waals surface area contributed by atoms with Crippen molar-refractivity contribution in [2.75, 3.05) is 6.61 Å². The predicted octanol–water partition coefficient (Wildman–Crippen LogP) is 1.43. The highest BCUT2D eigenvalue weighted by Crippen LogP contribution is 2.52. The van der Waals surface area contributed by atoms with Crippen LogP contribution >= 0.6 is 0 Å². The maximum Gasteiger partial charge on any atom is 0.240 e. The van der Waals surface area contributed by atoms with E-state index >= 15 is 0 Å². The van der Waals surface area contributed by atoms with Gasteiger partial charge in [0.05, 0.1) is 11.6 Å². The van der Waals surface area contributed by atoms with Crippen LogP contribution in [-0.4, -0.2) is 30.2 Å². The lowest BCUT2D eigenvalue weighted by molar-refractivity contribution is -0.141. The van der Waals surface area contributed by atoms with E-state index in [2.05, 4.69) is 19.2 Å². The molecule has 2 aliphatic rings. The van der Waals surface area contributed by atoms with E-state index in [4.69, 9.17) is 10.5 Å². The first-order valence-corrected chi connectivity index (χ1v) is 7.02. The van der Waals surface area contributed by atoms with Crippen LogP contribution in [0.2, 0.25) is 0 Å². The summed E-state index contributed by atoms with van der Waals surface area (Å²) in [4.78, 5) is 12.3. The van der Waals surface area contributed by atoms with Crippen LogP contribution in [0.3, 0.4) is 0 Å². The molecule has 0 aromatic heterocycles. The van der Waals surface area contributed by atoms with E-state index in [1.165, 1.54) is 0 Å². The Morgan fingerprint density at radius 1 is 1.56 bits per heavy atom. The summed E-state index contributed by atoms with van der Waals surface area (Å²) in [7, 11) is 0. The van der Waals surface area contributed by atoms with Crippen LogP contribution < -0.4 is 11.1 Å². The molecule has 4 heteroatoms. The second-order valence-corrected chi connectivity index (χ2v) is 6.68. The fourth-order valence-electron chi connectivity index (χ4n) is 3.56. The van der Waals surface area contributed by atoms with Gasteiger partial charge in [-0.2, -0.15) is 0 Å². The van der Waals surface area contributed by atoms with Crippen molar-refractivity contribution < 1.29 is 9.53 Å². The number of hydrogen-bond donors (Lipinski definition) is 2. The molecule has 104 valence electrons. The highest BCUT2D eigenvalue weighted by atomic mass is 16.5. The second-order valence-electron chi connectivity index (χ2n) is 6.68. The third-order valence-corrected chi connectivity index (χ3v) is 4.68. The van der Waals surface area contributed by atoms with Crippen molar-refractivity contribution >= 4 is 5.91 Å². The zero-order valence-electron chi connectivity index (χ0n) is 12.0. The van der Waals surface area contributed by atoms with Crippen LogP contribution in [0.5, 0.6) is 0 Å². The number of nitrogens with one attached hydrogen (secondary N) is 1. The van der Waals surface area contributed by atoms with Crippen LogP contribution in [-0.2, 0) is 9.53 Å².